The Balaban J connectivity index is 1.59. The Bertz CT molecular complexity index is 1100. The van der Waals surface area contributed by atoms with Gasteiger partial charge in [0.2, 0.25) is 0 Å². The summed E-state index contributed by atoms with van der Waals surface area (Å²) in [5.41, 5.74) is 1.96. The molecule has 0 saturated carbocycles. The zero-order valence-corrected chi connectivity index (χ0v) is 14.1. The number of H-pyrrole nitrogens is 1. The largest absolute Gasteiger partial charge is 0.334 e. The Morgan fingerprint density at radius 1 is 0.960 bits per heavy atom. The summed E-state index contributed by atoms with van der Waals surface area (Å²) in [5, 5.41) is 5.36. The van der Waals surface area contributed by atoms with Crippen molar-refractivity contribution in [2.24, 2.45) is 0 Å². The summed E-state index contributed by atoms with van der Waals surface area (Å²) in [7, 11) is 0. The van der Waals surface area contributed by atoms with Crippen LogP contribution in [0, 0.1) is 0 Å². The number of aromatic nitrogens is 2. The maximum absolute atomic E-state index is 12.2. The number of hydrogen-bond acceptors (Lipinski definition) is 2. The van der Waals surface area contributed by atoms with E-state index in [0.29, 0.717) is 17.8 Å². The highest BCUT2D eigenvalue weighted by atomic mass is 16.1. The molecule has 0 unspecified atom stereocenters. The van der Waals surface area contributed by atoms with E-state index in [4.69, 9.17) is 0 Å². The molecule has 0 fully saturated rings. The third kappa shape index (κ3) is 3.04. The van der Waals surface area contributed by atoms with E-state index >= 15 is 0 Å². The molecule has 0 spiro atoms. The monoisotopic (exact) mass is 330 g/mol. The van der Waals surface area contributed by atoms with Crippen molar-refractivity contribution < 1.29 is 5.32 Å². The summed E-state index contributed by atoms with van der Waals surface area (Å²) < 4.78 is 0. The molecule has 1 atom stereocenters. The van der Waals surface area contributed by atoms with Gasteiger partial charge in [0, 0.05) is 5.56 Å². The Morgan fingerprint density at radius 3 is 2.56 bits per heavy atom. The van der Waals surface area contributed by atoms with Crippen molar-refractivity contribution in [2.45, 2.75) is 19.5 Å². The Labute approximate surface area is 145 Å². The standard InChI is InChI=1S/C21H19N3O/c1-14(16-11-6-8-15-7-2-3-9-17(15)16)22-13-20-23-19-12-5-4-10-18(19)21(25)24-20/h2-12,14,22H,13H2,1H3,(H,23,24,25)/p+1/t14-/m1/s1. The number of hydrogen-bond donors (Lipinski definition) is 2. The summed E-state index contributed by atoms with van der Waals surface area (Å²) in [6, 6.07) is 22.5. The molecule has 0 saturated heterocycles. The van der Waals surface area contributed by atoms with Crippen LogP contribution >= 0.6 is 0 Å². The molecular formula is C21H20N3O+. The first-order chi connectivity index (χ1) is 12.2. The number of para-hydroxylation sites is 1. The summed E-state index contributed by atoms with van der Waals surface area (Å²) in [4.78, 5) is 19.7. The highest BCUT2D eigenvalue weighted by Gasteiger charge is 2.13. The average molecular weight is 330 g/mol. The van der Waals surface area contributed by atoms with Crippen LogP contribution in [0.2, 0.25) is 0 Å². The molecular weight excluding hydrogens is 310 g/mol. The van der Waals surface area contributed by atoms with Crippen LogP contribution < -0.4 is 10.9 Å². The van der Waals surface area contributed by atoms with Crippen molar-refractivity contribution in [3.05, 3.63) is 88.5 Å². The Morgan fingerprint density at radius 2 is 1.68 bits per heavy atom. The number of benzene rings is 3. The first kappa shape index (κ1) is 15.5. The van der Waals surface area contributed by atoms with E-state index < -0.39 is 0 Å². The number of aromatic amines is 1. The van der Waals surface area contributed by atoms with Crippen LogP contribution in [-0.2, 0) is 6.54 Å². The molecule has 0 aliphatic rings. The minimum absolute atomic E-state index is 0.0770. The fraction of sp³-hybridized carbons (Fsp3) is 0.143. The highest BCUT2D eigenvalue weighted by Crippen LogP contribution is 2.22. The molecule has 0 radical (unpaired) electrons. The molecule has 0 aliphatic carbocycles. The van der Waals surface area contributed by atoms with Crippen molar-refractivity contribution in [3.63, 3.8) is 0 Å². The molecule has 0 bridgehead atoms. The zero-order chi connectivity index (χ0) is 17.2. The van der Waals surface area contributed by atoms with Crippen molar-refractivity contribution in [3.8, 4) is 0 Å². The lowest BCUT2D eigenvalue weighted by molar-refractivity contribution is -0.708. The quantitative estimate of drug-likeness (QED) is 0.604. The van der Waals surface area contributed by atoms with Crippen LogP contribution in [0.5, 0.6) is 0 Å². The van der Waals surface area contributed by atoms with Gasteiger partial charge < -0.3 is 10.3 Å². The average Bonchev–Trinajstić information content (AvgIpc) is 2.66. The lowest BCUT2D eigenvalue weighted by atomic mass is 10.00. The fourth-order valence-electron chi connectivity index (χ4n) is 3.29. The van der Waals surface area contributed by atoms with Crippen LogP contribution in [0.4, 0.5) is 0 Å². The van der Waals surface area contributed by atoms with E-state index in [1.54, 1.807) is 6.07 Å². The third-order valence-electron chi connectivity index (χ3n) is 4.64. The summed E-state index contributed by atoms with van der Waals surface area (Å²) in [6.45, 7) is 2.81. The first-order valence-electron chi connectivity index (χ1n) is 8.51. The van der Waals surface area contributed by atoms with E-state index in [0.717, 1.165) is 5.52 Å². The zero-order valence-electron chi connectivity index (χ0n) is 14.1. The molecule has 4 aromatic rings. The number of rotatable bonds is 4. The summed E-state index contributed by atoms with van der Waals surface area (Å²) >= 11 is 0. The van der Waals surface area contributed by atoms with Gasteiger partial charge in [0.05, 0.1) is 10.9 Å². The highest BCUT2D eigenvalue weighted by molar-refractivity contribution is 5.85. The molecule has 1 aromatic heterocycles. The molecule has 124 valence electrons. The van der Waals surface area contributed by atoms with Crippen molar-refractivity contribution >= 4 is 21.7 Å². The van der Waals surface area contributed by atoms with E-state index in [1.165, 1.54) is 16.3 Å². The molecule has 1 heterocycles. The van der Waals surface area contributed by atoms with Gasteiger partial charge in [0.1, 0.15) is 12.6 Å². The van der Waals surface area contributed by atoms with Gasteiger partial charge in [-0.1, -0.05) is 54.6 Å². The molecule has 25 heavy (non-hydrogen) atoms. The molecule has 4 rings (SSSR count). The number of quaternary nitrogens is 1. The van der Waals surface area contributed by atoms with Crippen LogP contribution in [-0.4, -0.2) is 9.97 Å². The first-order valence-corrected chi connectivity index (χ1v) is 8.51. The maximum Gasteiger partial charge on any atom is 0.258 e. The number of nitrogens with zero attached hydrogens (tertiary/aromatic N) is 1. The third-order valence-corrected chi connectivity index (χ3v) is 4.64. The fourth-order valence-corrected chi connectivity index (χ4v) is 3.29. The second kappa shape index (κ2) is 6.49. The van der Waals surface area contributed by atoms with Crippen molar-refractivity contribution in [2.75, 3.05) is 0 Å². The lowest BCUT2D eigenvalue weighted by Gasteiger charge is -2.13. The van der Waals surface area contributed by atoms with Gasteiger partial charge in [-0.15, -0.1) is 0 Å². The summed E-state index contributed by atoms with van der Waals surface area (Å²) in [6.07, 6.45) is 0. The smallest absolute Gasteiger partial charge is 0.258 e. The number of fused-ring (bicyclic) bond motifs is 2. The second-order valence-corrected chi connectivity index (χ2v) is 6.33. The van der Waals surface area contributed by atoms with Gasteiger partial charge in [0.15, 0.2) is 5.82 Å². The predicted molar refractivity (Wildman–Crippen MR) is 100 cm³/mol. The SMILES string of the molecule is C[C@@H]([NH2+]Cc1nc2ccccc2c(=O)[nH]1)c1cccc2ccccc12. The minimum atomic E-state index is -0.0770. The molecule has 4 nitrogen and oxygen atoms in total. The lowest BCUT2D eigenvalue weighted by Crippen LogP contribution is -2.83. The summed E-state index contributed by atoms with van der Waals surface area (Å²) in [5.74, 6) is 0.704. The maximum atomic E-state index is 12.2. The second-order valence-electron chi connectivity index (χ2n) is 6.33. The van der Waals surface area contributed by atoms with Crippen LogP contribution in [0.1, 0.15) is 24.4 Å². The molecule has 3 N–H and O–H groups in total. The Hall–Kier alpha value is -2.98. The molecule has 0 amide bonds. The minimum Gasteiger partial charge on any atom is -0.334 e. The number of nitrogens with two attached hydrogens (primary N) is 1. The van der Waals surface area contributed by atoms with Crippen molar-refractivity contribution in [1.82, 2.24) is 9.97 Å². The van der Waals surface area contributed by atoms with Gasteiger partial charge in [-0.2, -0.15) is 0 Å². The molecule has 3 aromatic carbocycles. The Kier molecular flexibility index (Phi) is 4.04. The van der Waals surface area contributed by atoms with Gasteiger partial charge in [-0.05, 0) is 29.8 Å². The van der Waals surface area contributed by atoms with Crippen LogP contribution in [0.25, 0.3) is 21.7 Å². The number of nitrogens with one attached hydrogen (secondary N) is 1. The van der Waals surface area contributed by atoms with Crippen LogP contribution in [0.3, 0.4) is 0 Å². The van der Waals surface area contributed by atoms with E-state index in [2.05, 4.69) is 64.7 Å². The molecule has 4 heteroatoms. The molecule has 0 aliphatic heterocycles. The predicted octanol–water partition coefficient (Wildman–Crippen LogP) is 2.90. The van der Waals surface area contributed by atoms with Gasteiger partial charge in [-0.25, -0.2) is 4.98 Å². The van der Waals surface area contributed by atoms with E-state index in [9.17, 15) is 4.79 Å². The van der Waals surface area contributed by atoms with Gasteiger partial charge >= 0.3 is 0 Å². The van der Waals surface area contributed by atoms with Gasteiger partial charge in [-0.3, -0.25) is 4.79 Å². The van der Waals surface area contributed by atoms with Gasteiger partial charge in [0.25, 0.3) is 5.56 Å². The van der Waals surface area contributed by atoms with E-state index in [-0.39, 0.29) is 11.6 Å². The van der Waals surface area contributed by atoms with Crippen LogP contribution in [0.15, 0.2) is 71.5 Å². The topological polar surface area (TPSA) is 62.4 Å². The normalized spacial score (nSPS) is 12.5. The van der Waals surface area contributed by atoms with Crippen molar-refractivity contribution in [1.29, 1.82) is 0 Å². The van der Waals surface area contributed by atoms with E-state index in [1.807, 2.05) is 18.2 Å².